The van der Waals surface area contributed by atoms with Crippen molar-refractivity contribution in [2.24, 2.45) is 5.73 Å². The third-order valence-corrected chi connectivity index (χ3v) is 4.98. The van der Waals surface area contributed by atoms with Crippen LogP contribution in [0.25, 0.3) is 5.70 Å². The fourth-order valence-corrected chi connectivity index (χ4v) is 3.43. The van der Waals surface area contributed by atoms with Crippen LogP contribution in [-0.2, 0) is 6.18 Å². The zero-order valence-electron chi connectivity index (χ0n) is 14.7. The number of likely N-dealkylation sites (tertiary alicyclic amines) is 1. The summed E-state index contributed by atoms with van der Waals surface area (Å²) < 4.78 is 39.1. The first kappa shape index (κ1) is 19.9. The molecule has 0 aliphatic carbocycles. The molecule has 3 rings (SSSR count). The Kier molecular flexibility index (Phi) is 5.47. The van der Waals surface area contributed by atoms with Gasteiger partial charge in [-0.15, -0.1) is 0 Å². The molecule has 0 spiro atoms. The molecule has 0 saturated carbocycles. The van der Waals surface area contributed by atoms with Crippen molar-refractivity contribution in [2.45, 2.75) is 12.6 Å². The van der Waals surface area contributed by atoms with Crippen molar-refractivity contribution in [3.63, 3.8) is 0 Å². The van der Waals surface area contributed by atoms with E-state index in [0.717, 1.165) is 17.7 Å². The first-order valence-corrected chi connectivity index (χ1v) is 8.84. The molecule has 146 valence electrons. The number of carbonyl (C=O) groups excluding carboxylic acids is 1. The number of carbonyl (C=O) groups is 1. The van der Waals surface area contributed by atoms with Crippen LogP contribution >= 0.6 is 11.6 Å². The lowest BCUT2D eigenvalue weighted by molar-refractivity contribution is -0.137. The van der Waals surface area contributed by atoms with Gasteiger partial charge in [-0.3, -0.25) is 4.79 Å². The summed E-state index contributed by atoms with van der Waals surface area (Å²) in [6.07, 6.45) is -4.32. The lowest BCUT2D eigenvalue weighted by Crippen LogP contribution is -2.41. The van der Waals surface area contributed by atoms with Gasteiger partial charge in [-0.1, -0.05) is 48.0 Å². The van der Waals surface area contributed by atoms with Crippen LogP contribution in [0.5, 0.6) is 0 Å². The minimum atomic E-state index is -4.65. The van der Waals surface area contributed by atoms with E-state index in [2.05, 4.69) is 0 Å². The van der Waals surface area contributed by atoms with Crippen molar-refractivity contribution in [3.8, 4) is 0 Å². The van der Waals surface area contributed by atoms with Crippen LogP contribution in [0.3, 0.4) is 0 Å². The van der Waals surface area contributed by atoms with E-state index < -0.39 is 22.7 Å². The number of amides is 1. The number of alkyl halides is 3. The predicted octanol–water partition coefficient (Wildman–Crippen LogP) is 4.59. The highest BCUT2D eigenvalue weighted by molar-refractivity contribution is 6.34. The monoisotopic (exact) mass is 407 g/mol. The SMILES string of the molecule is N=C1CN(C(=O)c2cccc(C(F)(F)F)c2Cl)CCC1=C(N)c1ccccc1. The highest BCUT2D eigenvalue weighted by Crippen LogP contribution is 2.36. The van der Waals surface area contributed by atoms with Crippen LogP contribution in [0.4, 0.5) is 13.2 Å². The van der Waals surface area contributed by atoms with Crippen LogP contribution in [0.1, 0.15) is 27.9 Å². The Morgan fingerprint density at radius 2 is 1.79 bits per heavy atom. The zero-order valence-corrected chi connectivity index (χ0v) is 15.4. The topological polar surface area (TPSA) is 70.2 Å². The number of hydrogen-bond acceptors (Lipinski definition) is 3. The van der Waals surface area contributed by atoms with Gasteiger partial charge in [0.1, 0.15) is 0 Å². The second-order valence-corrected chi connectivity index (χ2v) is 6.76. The van der Waals surface area contributed by atoms with E-state index in [9.17, 15) is 18.0 Å². The number of nitrogens with two attached hydrogens (primary N) is 1. The molecule has 1 heterocycles. The highest BCUT2D eigenvalue weighted by atomic mass is 35.5. The minimum Gasteiger partial charge on any atom is -0.398 e. The summed E-state index contributed by atoms with van der Waals surface area (Å²) in [6.45, 7) is 0.185. The molecule has 0 atom stereocenters. The molecule has 4 nitrogen and oxygen atoms in total. The van der Waals surface area contributed by atoms with Crippen molar-refractivity contribution in [2.75, 3.05) is 13.1 Å². The second-order valence-electron chi connectivity index (χ2n) is 6.38. The Morgan fingerprint density at radius 3 is 2.39 bits per heavy atom. The summed E-state index contributed by atoms with van der Waals surface area (Å²) in [4.78, 5) is 14.0. The van der Waals surface area contributed by atoms with E-state index in [4.69, 9.17) is 22.7 Å². The van der Waals surface area contributed by atoms with Crippen molar-refractivity contribution < 1.29 is 18.0 Å². The van der Waals surface area contributed by atoms with Gasteiger partial charge in [0.05, 0.1) is 28.4 Å². The standard InChI is InChI=1S/C20H17ClF3N3O/c21-17-14(7-4-8-15(17)20(22,23)24)19(28)27-10-9-13(16(25)11-27)18(26)12-5-2-1-3-6-12/h1-8,25H,9-11,26H2. The van der Waals surface area contributed by atoms with Gasteiger partial charge in [-0.05, 0) is 24.1 Å². The molecule has 1 amide bonds. The molecule has 0 aromatic heterocycles. The van der Waals surface area contributed by atoms with Crippen molar-refractivity contribution >= 4 is 28.9 Å². The lowest BCUT2D eigenvalue weighted by Gasteiger charge is -2.30. The van der Waals surface area contributed by atoms with Gasteiger partial charge < -0.3 is 16.0 Å². The average Bonchev–Trinajstić information content (AvgIpc) is 2.67. The summed E-state index contributed by atoms with van der Waals surface area (Å²) in [5.74, 6) is -0.641. The maximum absolute atomic E-state index is 13.0. The number of nitrogens with one attached hydrogen (secondary N) is 1. The first-order valence-electron chi connectivity index (χ1n) is 8.47. The maximum atomic E-state index is 13.0. The van der Waals surface area contributed by atoms with Crippen LogP contribution in [0.2, 0.25) is 5.02 Å². The molecular formula is C20H17ClF3N3O. The van der Waals surface area contributed by atoms with Gasteiger partial charge in [-0.25, -0.2) is 0 Å². The van der Waals surface area contributed by atoms with E-state index in [1.54, 1.807) is 0 Å². The third-order valence-electron chi connectivity index (χ3n) is 4.58. The van der Waals surface area contributed by atoms with Gasteiger partial charge in [0, 0.05) is 17.8 Å². The summed E-state index contributed by atoms with van der Waals surface area (Å²) in [5, 5.41) is 7.63. The summed E-state index contributed by atoms with van der Waals surface area (Å²) in [5.41, 5.74) is 6.92. The molecule has 28 heavy (non-hydrogen) atoms. The minimum absolute atomic E-state index is 0.0473. The Bertz CT molecular complexity index is 955. The zero-order chi connectivity index (χ0) is 20.5. The van der Waals surface area contributed by atoms with Crippen LogP contribution in [-0.4, -0.2) is 29.6 Å². The second kappa shape index (κ2) is 7.67. The molecule has 0 radical (unpaired) electrons. The van der Waals surface area contributed by atoms with E-state index in [1.807, 2.05) is 30.3 Å². The molecule has 0 bridgehead atoms. The highest BCUT2D eigenvalue weighted by Gasteiger charge is 2.35. The Hall–Kier alpha value is -2.80. The number of halogens is 4. The lowest BCUT2D eigenvalue weighted by atomic mass is 9.95. The Labute approximate surface area is 164 Å². The number of rotatable bonds is 2. The molecule has 2 aromatic rings. The maximum Gasteiger partial charge on any atom is 0.417 e. The largest absolute Gasteiger partial charge is 0.417 e. The number of nitrogens with zero attached hydrogens (tertiary/aromatic N) is 1. The fraction of sp³-hybridized carbons (Fsp3) is 0.200. The summed E-state index contributed by atoms with van der Waals surface area (Å²) >= 11 is 5.85. The first-order chi connectivity index (χ1) is 13.2. The van der Waals surface area contributed by atoms with Gasteiger partial charge >= 0.3 is 6.18 Å². The van der Waals surface area contributed by atoms with Gasteiger partial charge in [0.2, 0.25) is 0 Å². The molecule has 3 N–H and O–H groups in total. The average molecular weight is 408 g/mol. The smallest absolute Gasteiger partial charge is 0.398 e. The molecule has 1 fully saturated rings. The predicted molar refractivity (Wildman–Crippen MR) is 102 cm³/mol. The van der Waals surface area contributed by atoms with E-state index >= 15 is 0 Å². The van der Waals surface area contributed by atoms with E-state index in [-0.39, 0.29) is 24.4 Å². The molecule has 8 heteroatoms. The van der Waals surface area contributed by atoms with Crippen molar-refractivity contribution in [3.05, 3.63) is 75.8 Å². The number of hydrogen-bond donors (Lipinski definition) is 2. The van der Waals surface area contributed by atoms with E-state index in [1.165, 1.54) is 11.0 Å². The van der Waals surface area contributed by atoms with Crippen molar-refractivity contribution in [1.82, 2.24) is 4.90 Å². The van der Waals surface area contributed by atoms with Crippen LogP contribution < -0.4 is 5.73 Å². The number of benzene rings is 2. The quantitative estimate of drug-likeness (QED) is 0.764. The Balaban J connectivity index is 1.83. The van der Waals surface area contributed by atoms with Crippen LogP contribution in [0, 0.1) is 5.41 Å². The van der Waals surface area contributed by atoms with E-state index in [0.29, 0.717) is 17.7 Å². The van der Waals surface area contributed by atoms with Crippen LogP contribution in [0.15, 0.2) is 54.1 Å². The molecule has 2 aromatic carbocycles. The molecular weight excluding hydrogens is 391 g/mol. The fourth-order valence-electron chi connectivity index (χ4n) is 3.11. The van der Waals surface area contributed by atoms with Gasteiger partial charge in [-0.2, -0.15) is 13.2 Å². The molecule has 1 aliphatic heterocycles. The summed E-state index contributed by atoms with van der Waals surface area (Å²) in [7, 11) is 0. The van der Waals surface area contributed by atoms with Crippen molar-refractivity contribution in [1.29, 1.82) is 5.41 Å². The molecule has 1 aliphatic rings. The molecule has 1 saturated heterocycles. The Morgan fingerprint density at radius 1 is 1.11 bits per heavy atom. The third kappa shape index (κ3) is 3.89. The van der Waals surface area contributed by atoms with Gasteiger partial charge in [0.15, 0.2) is 0 Å². The van der Waals surface area contributed by atoms with Gasteiger partial charge in [0.25, 0.3) is 5.91 Å². The summed E-state index contributed by atoms with van der Waals surface area (Å²) in [6, 6.07) is 12.4. The normalized spacial score (nSPS) is 16.9. The number of piperidine rings is 1. The molecule has 0 unspecified atom stereocenters.